The van der Waals surface area contributed by atoms with Crippen molar-refractivity contribution in [3.8, 4) is 22.1 Å². The second-order valence-electron chi connectivity index (χ2n) is 7.56. The fourth-order valence-electron chi connectivity index (χ4n) is 4.21. The van der Waals surface area contributed by atoms with Gasteiger partial charge < -0.3 is 14.2 Å². The van der Waals surface area contributed by atoms with Crippen LogP contribution in [-0.2, 0) is 11.3 Å². The number of methoxy groups -OCH3 is 1. The van der Waals surface area contributed by atoms with E-state index in [1.165, 1.54) is 19.3 Å². The number of hydrogen-bond donors (Lipinski definition) is 0. The van der Waals surface area contributed by atoms with Crippen LogP contribution in [0.1, 0.15) is 31.9 Å². The Morgan fingerprint density at radius 1 is 1.30 bits per heavy atom. The van der Waals surface area contributed by atoms with Gasteiger partial charge in [0.15, 0.2) is 11.5 Å². The van der Waals surface area contributed by atoms with Crippen LogP contribution in [0.25, 0.3) is 10.6 Å². The second kappa shape index (κ2) is 8.17. The summed E-state index contributed by atoms with van der Waals surface area (Å²) < 4.78 is 16.8. The fourth-order valence-corrected chi connectivity index (χ4v) is 5.02. The minimum absolute atomic E-state index is 0.388. The molecule has 4 rings (SSSR count). The number of thiazole rings is 1. The zero-order valence-electron chi connectivity index (χ0n) is 16.2. The summed E-state index contributed by atoms with van der Waals surface area (Å²) in [6.45, 7) is 7.67. The van der Waals surface area contributed by atoms with E-state index in [-0.39, 0.29) is 0 Å². The SMILES string of the molecule is CCOc1ccc(-c2nc(CN3CCC4(CCCOC4)C3)cs2)cc1OC. The van der Waals surface area contributed by atoms with Gasteiger partial charge in [0.05, 0.1) is 26.0 Å². The standard InChI is InChI=1S/C21H28N2O3S/c1-3-26-18-6-5-16(11-19(18)24-2)20-22-17(13-27-20)12-23-9-8-21(14-23)7-4-10-25-15-21/h5-6,11,13H,3-4,7-10,12,14-15H2,1-2H3. The van der Waals surface area contributed by atoms with Crippen molar-refractivity contribution in [3.05, 3.63) is 29.3 Å². The van der Waals surface area contributed by atoms with Crippen LogP contribution in [0.15, 0.2) is 23.6 Å². The molecule has 2 fully saturated rings. The molecule has 1 aromatic carbocycles. The van der Waals surface area contributed by atoms with Crippen molar-refractivity contribution < 1.29 is 14.2 Å². The first-order valence-corrected chi connectivity index (χ1v) is 10.6. The lowest BCUT2D eigenvalue weighted by Gasteiger charge is -2.33. The Balaban J connectivity index is 1.43. The summed E-state index contributed by atoms with van der Waals surface area (Å²) in [5.74, 6) is 1.53. The summed E-state index contributed by atoms with van der Waals surface area (Å²) in [5.41, 5.74) is 2.61. The van der Waals surface area contributed by atoms with Crippen LogP contribution in [0.5, 0.6) is 11.5 Å². The Kier molecular flexibility index (Phi) is 5.66. The maximum absolute atomic E-state index is 5.75. The summed E-state index contributed by atoms with van der Waals surface area (Å²) in [5, 5.41) is 3.21. The quantitative estimate of drug-likeness (QED) is 0.741. The van der Waals surface area contributed by atoms with Gasteiger partial charge in [-0.25, -0.2) is 4.98 Å². The van der Waals surface area contributed by atoms with E-state index in [2.05, 4.69) is 16.3 Å². The van der Waals surface area contributed by atoms with Crippen molar-refractivity contribution in [2.75, 3.05) is 40.0 Å². The molecule has 146 valence electrons. The van der Waals surface area contributed by atoms with E-state index in [4.69, 9.17) is 19.2 Å². The largest absolute Gasteiger partial charge is 0.493 e. The van der Waals surface area contributed by atoms with E-state index < -0.39 is 0 Å². The number of hydrogen-bond acceptors (Lipinski definition) is 6. The lowest BCUT2D eigenvalue weighted by atomic mass is 9.82. The number of benzene rings is 1. The van der Waals surface area contributed by atoms with Crippen LogP contribution in [0.3, 0.4) is 0 Å². The van der Waals surface area contributed by atoms with Crippen molar-refractivity contribution in [3.63, 3.8) is 0 Å². The monoisotopic (exact) mass is 388 g/mol. The van der Waals surface area contributed by atoms with E-state index in [9.17, 15) is 0 Å². The Hall–Kier alpha value is -1.63. The minimum Gasteiger partial charge on any atom is -0.493 e. The minimum atomic E-state index is 0.388. The maximum Gasteiger partial charge on any atom is 0.161 e. The lowest BCUT2D eigenvalue weighted by Crippen LogP contribution is -2.34. The molecule has 1 atom stereocenters. The van der Waals surface area contributed by atoms with E-state index in [1.54, 1.807) is 18.4 Å². The number of rotatable bonds is 6. The molecule has 2 aliphatic rings. The molecule has 0 aliphatic carbocycles. The molecule has 2 aromatic rings. The van der Waals surface area contributed by atoms with Gasteiger partial charge in [-0.05, 0) is 50.9 Å². The molecule has 0 N–H and O–H groups in total. The van der Waals surface area contributed by atoms with Gasteiger partial charge in [0.2, 0.25) is 0 Å². The molecule has 3 heterocycles. The van der Waals surface area contributed by atoms with E-state index >= 15 is 0 Å². The summed E-state index contributed by atoms with van der Waals surface area (Å²) in [6, 6.07) is 6.03. The van der Waals surface area contributed by atoms with Gasteiger partial charge in [-0.2, -0.15) is 0 Å². The molecule has 0 saturated carbocycles. The molecular formula is C21H28N2O3S. The third-order valence-corrected chi connectivity index (χ3v) is 6.51. The van der Waals surface area contributed by atoms with Gasteiger partial charge >= 0.3 is 0 Å². The molecule has 2 aliphatic heterocycles. The van der Waals surface area contributed by atoms with E-state index in [0.29, 0.717) is 12.0 Å². The number of ether oxygens (including phenoxy) is 3. The van der Waals surface area contributed by atoms with Crippen LogP contribution < -0.4 is 9.47 Å². The highest BCUT2D eigenvalue weighted by atomic mass is 32.1. The Labute approximate surface area is 165 Å². The summed E-state index contributed by atoms with van der Waals surface area (Å²) in [7, 11) is 1.67. The van der Waals surface area contributed by atoms with Gasteiger partial charge in [0, 0.05) is 36.1 Å². The number of likely N-dealkylation sites (tertiary alicyclic amines) is 1. The topological polar surface area (TPSA) is 43.8 Å². The maximum atomic E-state index is 5.75. The highest BCUT2D eigenvalue weighted by Crippen LogP contribution is 2.39. The fraction of sp³-hybridized carbons (Fsp3) is 0.571. The highest BCUT2D eigenvalue weighted by molar-refractivity contribution is 7.13. The summed E-state index contributed by atoms with van der Waals surface area (Å²) in [4.78, 5) is 7.41. The van der Waals surface area contributed by atoms with Gasteiger partial charge in [0.25, 0.3) is 0 Å². The average molecular weight is 389 g/mol. The molecule has 0 radical (unpaired) electrons. The van der Waals surface area contributed by atoms with Crippen LogP contribution in [-0.4, -0.2) is 49.9 Å². The molecule has 27 heavy (non-hydrogen) atoms. The van der Waals surface area contributed by atoms with Crippen LogP contribution in [0.4, 0.5) is 0 Å². The average Bonchev–Trinajstić information content (AvgIpc) is 3.31. The molecular weight excluding hydrogens is 360 g/mol. The molecule has 1 spiro atoms. The Morgan fingerprint density at radius 2 is 2.22 bits per heavy atom. The summed E-state index contributed by atoms with van der Waals surface area (Å²) >= 11 is 1.69. The molecule has 0 bridgehead atoms. The second-order valence-corrected chi connectivity index (χ2v) is 8.42. The lowest BCUT2D eigenvalue weighted by molar-refractivity contribution is -0.00252. The zero-order valence-corrected chi connectivity index (χ0v) is 17.0. The first-order chi connectivity index (χ1) is 13.2. The van der Waals surface area contributed by atoms with E-state index in [0.717, 1.165) is 60.6 Å². The van der Waals surface area contributed by atoms with Crippen molar-refractivity contribution in [2.45, 2.75) is 32.7 Å². The molecule has 2 saturated heterocycles. The first kappa shape index (κ1) is 18.7. The third-order valence-electron chi connectivity index (χ3n) is 5.57. The molecule has 1 unspecified atom stereocenters. The first-order valence-electron chi connectivity index (χ1n) is 9.77. The molecule has 1 aromatic heterocycles. The Morgan fingerprint density at radius 3 is 3.00 bits per heavy atom. The van der Waals surface area contributed by atoms with Gasteiger partial charge in [-0.15, -0.1) is 11.3 Å². The molecule has 6 heteroatoms. The predicted octanol–water partition coefficient (Wildman–Crippen LogP) is 4.22. The third kappa shape index (κ3) is 4.13. The van der Waals surface area contributed by atoms with Crippen LogP contribution >= 0.6 is 11.3 Å². The Bertz CT molecular complexity index is 771. The van der Waals surface area contributed by atoms with Gasteiger partial charge in [0.1, 0.15) is 5.01 Å². The molecule has 5 nitrogen and oxygen atoms in total. The van der Waals surface area contributed by atoms with Crippen LogP contribution in [0, 0.1) is 5.41 Å². The van der Waals surface area contributed by atoms with Crippen molar-refractivity contribution in [1.82, 2.24) is 9.88 Å². The highest BCUT2D eigenvalue weighted by Gasteiger charge is 2.39. The summed E-state index contributed by atoms with van der Waals surface area (Å²) in [6.07, 6.45) is 3.76. The smallest absolute Gasteiger partial charge is 0.161 e. The van der Waals surface area contributed by atoms with E-state index in [1.807, 2.05) is 19.1 Å². The normalized spacial score (nSPS) is 23.0. The zero-order chi connectivity index (χ0) is 18.7. The predicted molar refractivity (Wildman–Crippen MR) is 108 cm³/mol. The van der Waals surface area contributed by atoms with Crippen molar-refractivity contribution in [2.24, 2.45) is 5.41 Å². The number of aromatic nitrogens is 1. The van der Waals surface area contributed by atoms with Crippen LogP contribution in [0.2, 0.25) is 0 Å². The van der Waals surface area contributed by atoms with Crippen molar-refractivity contribution in [1.29, 1.82) is 0 Å². The molecule has 0 amide bonds. The van der Waals surface area contributed by atoms with Crippen molar-refractivity contribution >= 4 is 11.3 Å². The van der Waals surface area contributed by atoms with Gasteiger partial charge in [-0.1, -0.05) is 0 Å². The van der Waals surface area contributed by atoms with Gasteiger partial charge in [-0.3, -0.25) is 4.90 Å². The number of nitrogens with zero attached hydrogens (tertiary/aromatic N) is 2.